The van der Waals surface area contributed by atoms with Gasteiger partial charge in [-0.25, -0.2) is 4.98 Å². The summed E-state index contributed by atoms with van der Waals surface area (Å²) in [5.41, 5.74) is 1.15. The van der Waals surface area contributed by atoms with Gasteiger partial charge in [0.15, 0.2) is 0 Å². The van der Waals surface area contributed by atoms with Crippen LogP contribution < -0.4 is 4.90 Å². The van der Waals surface area contributed by atoms with Gasteiger partial charge < -0.3 is 14.9 Å². The molecule has 1 N–H and O–H groups in total. The standard InChI is InChI=1S/C16H25N3O2/c1-13-5-6-17-15(11-13)19(12-14(2)16(20)21)10-9-18-7-3-4-8-18/h5-6,11,14H,3-4,7-10,12H2,1-2H3,(H,20,21). The van der Waals surface area contributed by atoms with Crippen molar-refractivity contribution >= 4 is 11.8 Å². The van der Waals surface area contributed by atoms with Crippen LogP contribution in [0.1, 0.15) is 25.3 Å². The van der Waals surface area contributed by atoms with E-state index in [-0.39, 0.29) is 0 Å². The van der Waals surface area contributed by atoms with E-state index in [1.807, 2.05) is 19.1 Å². The molecule has 0 spiro atoms. The maximum Gasteiger partial charge on any atom is 0.308 e. The average Bonchev–Trinajstić information content (AvgIpc) is 2.96. The number of hydrogen-bond acceptors (Lipinski definition) is 4. The number of carboxylic acids is 1. The van der Waals surface area contributed by atoms with E-state index >= 15 is 0 Å². The lowest BCUT2D eigenvalue weighted by molar-refractivity contribution is -0.140. The molecule has 0 amide bonds. The Hall–Kier alpha value is -1.62. The van der Waals surface area contributed by atoms with E-state index in [0.717, 1.165) is 37.6 Å². The summed E-state index contributed by atoms with van der Waals surface area (Å²) >= 11 is 0. The molecule has 0 aromatic carbocycles. The number of carboxylic acid groups (broad SMARTS) is 1. The first-order chi connectivity index (χ1) is 10.1. The summed E-state index contributed by atoms with van der Waals surface area (Å²) in [7, 11) is 0. The molecule has 5 heteroatoms. The Morgan fingerprint density at radius 3 is 2.81 bits per heavy atom. The minimum absolute atomic E-state index is 0.397. The fourth-order valence-corrected chi connectivity index (χ4v) is 2.67. The van der Waals surface area contributed by atoms with Gasteiger partial charge in [0.05, 0.1) is 5.92 Å². The van der Waals surface area contributed by atoms with Crippen LogP contribution in [-0.2, 0) is 4.79 Å². The van der Waals surface area contributed by atoms with Gasteiger partial charge in [0.25, 0.3) is 0 Å². The molecular formula is C16H25N3O2. The predicted octanol–water partition coefficient (Wildman–Crippen LogP) is 2.01. The van der Waals surface area contributed by atoms with Crippen molar-refractivity contribution in [3.05, 3.63) is 23.9 Å². The van der Waals surface area contributed by atoms with E-state index in [9.17, 15) is 4.79 Å². The maximum absolute atomic E-state index is 11.1. The van der Waals surface area contributed by atoms with Crippen molar-refractivity contribution in [3.8, 4) is 0 Å². The Bertz CT molecular complexity index is 472. The van der Waals surface area contributed by atoms with Crippen LogP contribution in [0.5, 0.6) is 0 Å². The summed E-state index contributed by atoms with van der Waals surface area (Å²) in [4.78, 5) is 20.1. The maximum atomic E-state index is 11.1. The second-order valence-corrected chi connectivity index (χ2v) is 5.93. The molecule has 1 saturated heterocycles. The van der Waals surface area contributed by atoms with Crippen LogP contribution >= 0.6 is 0 Å². The van der Waals surface area contributed by atoms with Gasteiger partial charge >= 0.3 is 5.97 Å². The average molecular weight is 291 g/mol. The molecule has 0 radical (unpaired) electrons. The van der Waals surface area contributed by atoms with Gasteiger partial charge in [-0.1, -0.05) is 6.92 Å². The second-order valence-electron chi connectivity index (χ2n) is 5.93. The van der Waals surface area contributed by atoms with E-state index < -0.39 is 11.9 Å². The van der Waals surface area contributed by atoms with Crippen LogP contribution in [0, 0.1) is 12.8 Å². The summed E-state index contributed by atoms with van der Waals surface area (Å²) in [6, 6.07) is 3.99. The Morgan fingerprint density at radius 2 is 2.19 bits per heavy atom. The lowest BCUT2D eigenvalue weighted by Gasteiger charge is -2.28. The minimum atomic E-state index is -0.756. The molecule has 0 bridgehead atoms. The Labute approximate surface area is 126 Å². The fraction of sp³-hybridized carbons (Fsp3) is 0.625. The third kappa shape index (κ3) is 4.70. The normalized spacial score (nSPS) is 16.9. The largest absolute Gasteiger partial charge is 0.481 e. The molecule has 1 unspecified atom stereocenters. The number of carbonyl (C=O) groups is 1. The molecule has 5 nitrogen and oxygen atoms in total. The number of aryl methyl sites for hydroxylation is 1. The SMILES string of the molecule is Cc1ccnc(N(CCN2CCCC2)CC(C)C(=O)O)c1. The molecule has 1 aliphatic heterocycles. The highest BCUT2D eigenvalue weighted by molar-refractivity contribution is 5.70. The van der Waals surface area contributed by atoms with Gasteiger partial charge in [-0.15, -0.1) is 0 Å². The van der Waals surface area contributed by atoms with Crippen molar-refractivity contribution in [1.29, 1.82) is 0 Å². The van der Waals surface area contributed by atoms with Gasteiger partial charge in [0, 0.05) is 25.8 Å². The van der Waals surface area contributed by atoms with E-state index in [1.165, 1.54) is 12.8 Å². The Balaban J connectivity index is 2.03. The van der Waals surface area contributed by atoms with Crippen LogP contribution in [-0.4, -0.2) is 53.7 Å². The number of nitrogens with zero attached hydrogens (tertiary/aromatic N) is 3. The van der Waals surface area contributed by atoms with Crippen LogP contribution in [0.25, 0.3) is 0 Å². The van der Waals surface area contributed by atoms with Crippen LogP contribution in [0.4, 0.5) is 5.82 Å². The molecule has 21 heavy (non-hydrogen) atoms. The minimum Gasteiger partial charge on any atom is -0.481 e. The molecule has 2 rings (SSSR count). The zero-order chi connectivity index (χ0) is 15.2. The van der Waals surface area contributed by atoms with Gasteiger partial charge in [0.2, 0.25) is 0 Å². The lowest BCUT2D eigenvalue weighted by atomic mass is 10.1. The van der Waals surface area contributed by atoms with Gasteiger partial charge in [-0.05, 0) is 50.6 Å². The van der Waals surface area contributed by atoms with Crippen molar-refractivity contribution in [2.75, 3.05) is 37.6 Å². The smallest absolute Gasteiger partial charge is 0.308 e. The second kappa shape index (κ2) is 7.41. The number of aromatic nitrogens is 1. The Kier molecular flexibility index (Phi) is 5.56. The molecule has 116 valence electrons. The van der Waals surface area contributed by atoms with Crippen LogP contribution in [0.2, 0.25) is 0 Å². The zero-order valence-electron chi connectivity index (χ0n) is 13.0. The van der Waals surface area contributed by atoms with Crippen LogP contribution in [0.3, 0.4) is 0 Å². The van der Waals surface area contributed by atoms with Gasteiger partial charge in [-0.3, -0.25) is 4.79 Å². The number of rotatable bonds is 7. The van der Waals surface area contributed by atoms with Crippen LogP contribution in [0.15, 0.2) is 18.3 Å². The number of pyridine rings is 1. The molecule has 1 fully saturated rings. The quantitative estimate of drug-likeness (QED) is 0.833. The van der Waals surface area contributed by atoms with Crippen molar-refractivity contribution in [2.45, 2.75) is 26.7 Å². The summed E-state index contributed by atoms with van der Waals surface area (Å²) in [5, 5.41) is 9.15. The lowest BCUT2D eigenvalue weighted by Crippen LogP contribution is -2.38. The van der Waals surface area contributed by atoms with Gasteiger partial charge in [0.1, 0.15) is 5.82 Å². The molecular weight excluding hydrogens is 266 g/mol. The third-order valence-corrected chi connectivity index (χ3v) is 4.03. The number of anilines is 1. The monoisotopic (exact) mass is 291 g/mol. The number of likely N-dealkylation sites (tertiary alicyclic amines) is 1. The third-order valence-electron chi connectivity index (χ3n) is 4.03. The molecule has 0 aliphatic carbocycles. The summed E-state index contributed by atoms with van der Waals surface area (Å²) in [5.74, 6) is -0.276. The highest BCUT2D eigenvalue weighted by Gasteiger charge is 2.19. The molecule has 1 aromatic rings. The summed E-state index contributed by atoms with van der Waals surface area (Å²) < 4.78 is 0. The molecule has 1 aromatic heterocycles. The fourth-order valence-electron chi connectivity index (χ4n) is 2.67. The topological polar surface area (TPSA) is 56.7 Å². The first kappa shape index (κ1) is 15.8. The molecule has 0 saturated carbocycles. The highest BCUT2D eigenvalue weighted by Crippen LogP contribution is 2.15. The summed E-state index contributed by atoms with van der Waals surface area (Å²) in [6.45, 7) is 8.40. The zero-order valence-corrected chi connectivity index (χ0v) is 13.0. The first-order valence-corrected chi connectivity index (χ1v) is 7.69. The summed E-state index contributed by atoms with van der Waals surface area (Å²) in [6.07, 6.45) is 4.33. The van der Waals surface area contributed by atoms with Gasteiger partial charge in [-0.2, -0.15) is 0 Å². The van der Waals surface area contributed by atoms with Crippen molar-refractivity contribution in [2.24, 2.45) is 5.92 Å². The number of aliphatic carboxylic acids is 1. The highest BCUT2D eigenvalue weighted by atomic mass is 16.4. The Morgan fingerprint density at radius 1 is 1.48 bits per heavy atom. The van der Waals surface area contributed by atoms with E-state index in [0.29, 0.717) is 6.54 Å². The first-order valence-electron chi connectivity index (χ1n) is 7.69. The predicted molar refractivity (Wildman–Crippen MR) is 83.7 cm³/mol. The van der Waals surface area contributed by atoms with Crippen molar-refractivity contribution in [1.82, 2.24) is 9.88 Å². The molecule has 1 atom stereocenters. The van der Waals surface area contributed by atoms with Crippen molar-refractivity contribution in [3.63, 3.8) is 0 Å². The number of hydrogen-bond donors (Lipinski definition) is 1. The van der Waals surface area contributed by atoms with E-state index in [2.05, 4.69) is 14.8 Å². The van der Waals surface area contributed by atoms with Crippen molar-refractivity contribution < 1.29 is 9.90 Å². The van der Waals surface area contributed by atoms with E-state index in [1.54, 1.807) is 13.1 Å². The molecule has 2 heterocycles. The molecule has 1 aliphatic rings. The van der Waals surface area contributed by atoms with E-state index in [4.69, 9.17) is 5.11 Å².